The van der Waals surface area contributed by atoms with E-state index in [1.165, 1.54) is 4.31 Å². The molecular weight excluding hydrogens is 242 g/mol. The quantitative estimate of drug-likeness (QED) is 0.818. The summed E-state index contributed by atoms with van der Waals surface area (Å²) >= 11 is 0. The minimum absolute atomic E-state index is 0.316. The number of nitrogens with zero attached hydrogens (tertiary/aromatic N) is 1. The fourth-order valence-electron chi connectivity index (χ4n) is 1.97. The summed E-state index contributed by atoms with van der Waals surface area (Å²) in [5, 5.41) is 9.16. The molecule has 1 atom stereocenters. The van der Waals surface area contributed by atoms with Crippen molar-refractivity contribution in [3.63, 3.8) is 0 Å². The van der Waals surface area contributed by atoms with Crippen LogP contribution in [0.15, 0.2) is 0 Å². The number of carbonyl (C=O) groups is 1. The van der Waals surface area contributed by atoms with E-state index in [0.29, 0.717) is 13.0 Å². The number of hydrogen-bond donors (Lipinski definition) is 1. The van der Waals surface area contributed by atoms with Gasteiger partial charge in [0.05, 0.1) is 4.75 Å². The van der Waals surface area contributed by atoms with Crippen LogP contribution in [0, 0.1) is 0 Å². The van der Waals surface area contributed by atoms with Gasteiger partial charge in [0, 0.05) is 6.54 Å². The van der Waals surface area contributed by atoms with Crippen molar-refractivity contribution in [2.24, 2.45) is 0 Å². The standard InChI is InChI=1S/C11H21NO4S/c1-11(2,3)17(15,16)12-8-6-4-5-7-9(12)10(13)14/h9H,4-8H2,1-3H3,(H,13,14). The largest absolute Gasteiger partial charge is 0.480 e. The Bertz CT molecular complexity index is 383. The highest BCUT2D eigenvalue weighted by molar-refractivity contribution is 7.90. The number of carboxylic acid groups (broad SMARTS) is 1. The second-order valence-corrected chi connectivity index (χ2v) is 8.08. The Kier molecular flexibility index (Phi) is 4.19. The van der Waals surface area contributed by atoms with Gasteiger partial charge in [0.1, 0.15) is 6.04 Å². The van der Waals surface area contributed by atoms with E-state index < -0.39 is 26.8 Å². The minimum atomic E-state index is -3.56. The molecular formula is C11H21NO4S. The van der Waals surface area contributed by atoms with Crippen molar-refractivity contribution in [2.45, 2.75) is 57.2 Å². The third kappa shape index (κ3) is 2.98. The van der Waals surface area contributed by atoms with Gasteiger partial charge in [-0.05, 0) is 33.6 Å². The first-order valence-electron chi connectivity index (χ1n) is 5.92. The van der Waals surface area contributed by atoms with E-state index in [1.54, 1.807) is 20.8 Å². The highest BCUT2D eigenvalue weighted by Gasteiger charge is 2.42. The van der Waals surface area contributed by atoms with Crippen LogP contribution in [-0.4, -0.2) is 41.1 Å². The highest BCUT2D eigenvalue weighted by Crippen LogP contribution is 2.27. The smallest absolute Gasteiger partial charge is 0.322 e. The number of rotatable bonds is 2. The number of sulfonamides is 1. The molecule has 17 heavy (non-hydrogen) atoms. The molecule has 1 rings (SSSR count). The Hall–Kier alpha value is -0.620. The zero-order valence-electron chi connectivity index (χ0n) is 10.6. The van der Waals surface area contributed by atoms with Crippen LogP contribution in [0.25, 0.3) is 0 Å². The summed E-state index contributed by atoms with van der Waals surface area (Å²) in [6.45, 7) is 5.13. The Labute approximate surface area is 103 Å². The van der Waals surface area contributed by atoms with Crippen molar-refractivity contribution < 1.29 is 18.3 Å². The monoisotopic (exact) mass is 263 g/mol. The molecule has 0 spiro atoms. The molecule has 0 amide bonds. The lowest BCUT2D eigenvalue weighted by Crippen LogP contribution is -2.50. The molecule has 1 saturated heterocycles. The van der Waals surface area contributed by atoms with Crippen molar-refractivity contribution in [1.29, 1.82) is 0 Å². The van der Waals surface area contributed by atoms with Crippen LogP contribution >= 0.6 is 0 Å². The highest BCUT2D eigenvalue weighted by atomic mass is 32.2. The van der Waals surface area contributed by atoms with Crippen LogP contribution in [0.2, 0.25) is 0 Å². The summed E-state index contributed by atoms with van der Waals surface area (Å²) in [6.07, 6.45) is 2.80. The SMILES string of the molecule is CC(C)(C)S(=O)(=O)N1CCCCCC1C(=O)O. The Morgan fingerprint density at radius 2 is 1.82 bits per heavy atom. The zero-order chi connectivity index (χ0) is 13.3. The first-order valence-corrected chi connectivity index (χ1v) is 7.36. The molecule has 1 fully saturated rings. The van der Waals surface area contributed by atoms with E-state index in [4.69, 9.17) is 5.11 Å². The summed E-state index contributed by atoms with van der Waals surface area (Å²) in [5.41, 5.74) is 0. The molecule has 0 aromatic heterocycles. The van der Waals surface area contributed by atoms with Gasteiger partial charge in [-0.25, -0.2) is 8.42 Å². The molecule has 1 heterocycles. The molecule has 0 aromatic carbocycles. The van der Waals surface area contributed by atoms with Gasteiger partial charge >= 0.3 is 5.97 Å². The molecule has 1 unspecified atom stereocenters. The van der Waals surface area contributed by atoms with Gasteiger partial charge in [0.2, 0.25) is 10.0 Å². The van der Waals surface area contributed by atoms with E-state index in [9.17, 15) is 13.2 Å². The predicted octanol–water partition coefficient (Wildman–Crippen LogP) is 1.44. The average Bonchev–Trinajstić information content (AvgIpc) is 2.40. The predicted molar refractivity (Wildman–Crippen MR) is 65.3 cm³/mol. The van der Waals surface area contributed by atoms with Gasteiger partial charge in [-0.15, -0.1) is 0 Å². The first-order chi connectivity index (χ1) is 7.68. The van der Waals surface area contributed by atoms with Crippen LogP contribution in [0.5, 0.6) is 0 Å². The van der Waals surface area contributed by atoms with E-state index in [0.717, 1.165) is 19.3 Å². The van der Waals surface area contributed by atoms with Gasteiger partial charge in [-0.2, -0.15) is 4.31 Å². The third-order valence-electron chi connectivity index (χ3n) is 3.07. The average molecular weight is 263 g/mol. The van der Waals surface area contributed by atoms with Gasteiger partial charge in [-0.3, -0.25) is 4.79 Å². The zero-order valence-corrected chi connectivity index (χ0v) is 11.5. The topological polar surface area (TPSA) is 74.7 Å². The van der Waals surface area contributed by atoms with E-state index in [-0.39, 0.29) is 0 Å². The van der Waals surface area contributed by atoms with Gasteiger partial charge in [0.15, 0.2) is 0 Å². The van der Waals surface area contributed by atoms with Crippen LogP contribution in [0.4, 0.5) is 0 Å². The van der Waals surface area contributed by atoms with Crippen LogP contribution < -0.4 is 0 Å². The maximum Gasteiger partial charge on any atom is 0.322 e. The van der Waals surface area contributed by atoms with Gasteiger partial charge in [-0.1, -0.05) is 12.8 Å². The van der Waals surface area contributed by atoms with Crippen LogP contribution in [-0.2, 0) is 14.8 Å². The Morgan fingerprint density at radius 1 is 1.24 bits per heavy atom. The maximum atomic E-state index is 12.3. The van der Waals surface area contributed by atoms with E-state index in [2.05, 4.69) is 0 Å². The number of aliphatic carboxylic acids is 1. The number of hydrogen-bond acceptors (Lipinski definition) is 3. The van der Waals surface area contributed by atoms with Crippen molar-refractivity contribution in [3.05, 3.63) is 0 Å². The summed E-state index contributed by atoms with van der Waals surface area (Å²) < 4.78 is 24.9. The maximum absolute atomic E-state index is 12.3. The fourth-order valence-corrected chi connectivity index (χ4v) is 3.57. The van der Waals surface area contributed by atoms with Crippen molar-refractivity contribution in [1.82, 2.24) is 4.31 Å². The van der Waals surface area contributed by atoms with Gasteiger partial charge < -0.3 is 5.11 Å². The molecule has 5 nitrogen and oxygen atoms in total. The van der Waals surface area contributed by atoms with Crippen molar-refractivity contribution >= 4 is 16.0 Å². The second kappa shape index (κ2) is 4.94. The second-order valence-electron chi connectivity index (χ2n) is 5.43. The van der Waals surface area contributed by atoms with E-state index >= 15 is 0 Å². The molecule has 0 aromatic rings. The van der Waals surface area contributed by atoms with Crippen LogP contribution in [0.1, 0.15) is 46.5 Å². The molecule has 0 aliphatic carbocycles. The summed E-state index contributed by atoms with van der Waals surface area (Å²) in [4.78, 5) is 11.2. The molecule has 1 aliphatic heterocycles. The molecule has 0 radical (unpaired) electrons. The molecule has 1 N–H and O–H groups in total. The third-order valence-corrected chi connectivity index (χ3v) is 5.67. The number of carboxylic acids is 1. The molecule has 100 valence electrons. The Balaban J connectivity index is 3.10. The van der Waals surface area contributed by atoms with Crippen molar-refractivity contribution in [3.8, 4) is 0 Å². The summed E-state index contributed by atoms with van der Waals surface area (Å²) in [7, 11) is -3.56. The summed E-state index contributed by atoms with van der Waals surface area (Å²) in [5.74, 6) is -1.04. The lowest BCUT2D eigenvalue weighted by Gasteiger charge is -2.32. The normalized spacial score (nSPS) is 24.3. The molecule has 0 bridgehead atoms. The lowest BCUT2D eigenvalue weighted by molar-refractivity contribution is -0.141. The first kappa shape index (κ1) is 14.4. The fraction of sp³-hybridized carbons (Fsp3) is 0.909. The Morgan fingerprint density at radius 3 is 2.29 bits per heavy atom. The summed E-state index contributed by atoms with van der Waals surface area (Å²) in [6, 6.07) is -0.901. The van der Waals surface area contributed by atoms with E-state index in [1.807, 2.05) is 0 Å². The molecule has 6 heteroatoms. The van der Waals surface area contributed by atoms with Crippen LogP contribution in [0.3, 0.4) is 0 Å². The van der Waals surface area contributed by atoms with Gasteiger partial charge in [0.25, 0.3) is 0 Å². The molecule has 1 aliphatic rings. The lowest BCUT2D eigenvalue weighted by atomic mass is 10.1. The van der Waals surface area contributed by atoms with Crippen molar-refractivity contribution in [2.75, 3.05) is 6.54 Å². The molecule has 0 saturated carbocycles. The minimum Gasteiger partial charge on any atom is -0.480 e.